The summed E-state index contributed by atoms with van der Waals surface area (Å²) in [6.45, 7) is 5.60. The van der Waals surface area contributed by atoms with Crippen LogP contribution in [0.1, 0.15) is 30.9 Å². The molecule has 1 unspecified atom stereocenters. The summed E-state index contributed by atoms with van der Waals surface area (Å²) in [6, 6.07) is 14.2. The minimum Gasteiger partial charge on any atom is -0.478 e. The van der Waals surface area contributed by atoms with Gasteiger partial charge in [-0.2, -0.15) is 0 Å². The fourth-order valence-corrected chi connectivity index (χ4v) is 4.61. The Balaban J connectivity index is 2.00. The summed E-state index contributed by atoms with van der Waals surface area (Å²) in [6.07, 6.45) is 0. The summed E-state index contributed by atoms with van der Waals surface area (Å²) in [5.74, 6) is -2.44. The monoisotopic (exact) mass is 488 g/mol. The molecule has 4 rings (SSSR count). The van der Waals surface area contributed by atoms with Gasteiger partial charge in [-0.25, -0.2) is 9.59 Å². The van der Waals surface area contributed by atoms with E-state index in [4.69, 9.17) is 9.15 Å². The molecule has 8 nitrogen and oxygen atoms in total. The van der Waals surface area contributed by atoms with Crippen LogP contribution in [0, 0.1) is 6.92 Å². The number of carbonyl (C=O) groups is 2. The van der Waals surface area contributed by atoms with Crippen LogP contribution < -0.4 is 16.1 Å². The maximum atomic E-state index is 13.4. The van der Waals surface area contributed by atoms with Crippen molar-refractivity contribution in [2.45, 2.75) is 26.7 Å². The topological polar surface area (TPSA) is 118 Å². The predicted octanol–water partition coefficient (Wildman–Crippen LogP) is 3.85. The first-order valence-electron chi connectivity index (χ1n) is 11.6. The number of rotatable bonds is 7. The summed E-state index contributed by atoms with van der Waals surface area (Å²) in [5, 5.41) is 16.4. The van der Waals surface area contributed by atoms with Crippen LogP contribution in [-0.2, 0) is 14.3 Å². The lowest BCUT2D eigenvalue weighted by molar-refractivity contribution is -0.139. The number of fused-ring (bicyclic) bond motifs is 1. The van der Waals surface area contributed by atoms with Crippen molar-refractivity contribution in [3.63, 3.8) is 0 Å². The van der Waals surface area contributed by atoms with E-state index in [9.17, 15) is 19.5 Å². The Morgan fingerprint density at radius 2 is 1.72 bits per heavy atom. The average Bonchev–Trinajstić information content (AvgIpc) is 2.85. The van der Waals surface area contributed by atoms with Crippen LogP contribution in [-0.4, -0.2) is 37.2 Å². The molecule has 0 aliphatic carbocycles. The Hall–Kier alpha value is -4.17. The van der Waals surface area contributed by atoms with Gasteiger partial charge in [0.15, 0.2) is 5.43 Å². The van der Waals surface area contributed by atoms with Gasteiger partial charge in [-0.15, -0.1) is 0 Å². The molecule has 1 atom stereocenters. The number of hydrogen-bond donors (Lipinski definition) is 3. The van der Waals surface area contributed by atoms with E-state index < -0.39 is 17.9 Å². The first-order chi connectivity index (χ1) is 17.3. The third-order valence-electron chi connectivity index (χ3n) is 6.32. The molecule has 1 aromatic heterocycles. The molecule has 0 radical (unpaired) electrons. The Labute approximate surface area is 208 Å². The average molecular weight is 489 g/mol. The van der Waals surface area contributed by atoms with Gasteiger partial charge < -0.3 is 24.9 Å². The third-order valence-corrected chi connectivity index (χ3v) is 6.32. The molecule has 3 aromatic rings. The van der Waals surface area contributed by atoms with Crippen molar-refractivity contribution in [2.24, 2.45) is 0 Å². The molecule has 0 fully saturated rings. The Bertz CT molecular complexity index is 1470. The highest BCUT2D eigenvalue weighted by Gasteiger charge is 2.39. The zero-order valence-corrected chi connectivity index (χ0v) is 20.6. The molecule has 1 aliphatic rings. The van der Waals surface area contributed by atoms with E-state index in [-0.39, 0.29) is 28.8 Å². The lowest BCUT2D eigenvalue weighted by Gasteiger charge is -2.30. The molecule has 0 saturated heterocycles. The number of carbonyl (C=O) groups excluding carboxylic acids is 1. The van der Waals surface area contributed by atoms with Crippen molar-refractivity contribution >= 4 is 22.9 Å². The number of dihydropyridines is 1. The standard InChI is InChI=1S/C28H28N2O6/c1-15-24(31)20-12-8-11-19(26(20)36-25(15)18-9-6-5-7-10-18)23-21(27(32)33)16(2)30-17(3)22(23)28(34)35-14-13-29-4/h5-12,23,29-30H,13-14H2,1-4H3,(H,32,33). The fraction of sp³-hybridized carbons (Fsp3) is 0.250. The first-order valence-corrected chi connectivity index (χ1v) is 11.6. The van der Waals surface area contributed by atoms with Crippen molar-refractivity contribution in [3.8, 4) is 11.3 Å². The molecular formula is C28H28N2O6. The van der Waals surface area contributed by atoms with Crippen LogP contribution in [0.4, 0.5) is 0 Å². The van der Waals surface area contributed by atoms with Gasteiger partial charge in [0.1, 0.15) is 18.0 Å². The fourth-order valence-electron chi connectivity index (χ4n) is 4.61. The summed E-state index contributed by atoms with van der Waals surface area (Å²) in [7, 11) is 1.74. The largest absolute Gasteiger partial charge is 0.478 e. The molecule has 0 bridgehead atoms. The van der Waals surface area contributed by atoms with Gasteiger partial charge in [-0.3, -0.25) is 4.79 Å². The molecule has 36 heavy (non-hydrogen) atoms. The quantitative estimate of drug-likeness (QED) is 0.339. The number of hydrogen-bond acceptors (Lipinski definition) is 7. The van der Waals surface area contributed by atoms with Gasteiger partial charge in [-0.1, -0.05) is 42.5 Å². The van der Waals surface area contributed by atoms with Crippen molar-refractivity contribution in [1.29, 1.82) is 0 Å². The van der Waals surface area contributed by atoms with Gasteiger partial charge in [0, 0.05) is 34.6 Å². The third kappa shape index (κ3) is 4.43. The Morgan fingerprint density at radius 1 is 1.03 bits per heavy atom. The first kappa shape index (κ1) is 24.9. The van der Waals surface area contributed by atoms with E-state index in [0.29, 0.717) is 40.2 Å². The Morgan fingerprint density at radius 3 is 2.39 bits per heavy atom. The van der Waals surface area contributed by atoms with Crippen LogP contribution in [0.15, 0.2) is 80.3 Å². The van der Waals surface area contributed by atoms with Gasteiger partial charge in [0.05, 0.1) is 22.5 Å². The van der Waals surface area contributed by atoms with E-state index in [0.717, 1.165) is 5.56 Å². The molecule has 186 valence electrons. The van der Waals surface area contributed by atoms with Gasteiger partial charge in [0.25, 0.3) is 0 Å². The summed E-state index contributed by atoms with van der Waals surface area (Å²) < 4.78 is 11.8. The smallest absolute Gasteiger partial charge is 0.336 e. The number of benzene rings is 2. The van der Waals surface area contributed by atoms with Gasteiger partial charge in [-0.05, 0) is 33.9 Å². The van der Waals surface area contributed by atoms with Crippen molar-refractivity contribution in [3.05, 3.63) is 92.4 Å². The summed E-state index contributed by atoms with van der Waals surface area (Å²) in [4.78, 5) is 39.1. The van der Waals surface area contributed by atoms with Crippen molar-refractivity contribution < 1.29 is 23.8 Å². The molecular weight excluding hydrogens is 460 g/mol. The number of carboxylic acid groups (broad SMARTS) is 1. The van der Waals surface area contributed by atoms with Gasteiger partial charge in [0.2, 0.25) is 0 Å². The lowest BCUT2D eigenvalue weighted by Crippen LogP contribution is -2.32. The van der Waals surface area contributed by atoms with Crippen LogP contribution in [0.5, 0.6) is 0 Å². The zero-order valence-electron chi connectivity index (χ0n) is 20.6. The highest BCUT2D eigenvalue weighted by molar-refractivity contribution is 6.01. The molecule has 1 aliphatic heterocycles. The number of carboxylic acids is 1. The zero-order chi connectivity index (χ0) is 26.0. The minimum atomic E-state index is -1.19. The number of allylic oxidation sites excluding steroid dienone is 2. The molecule has 8 heteroatoms. The second-order valence-corrected chi connectivity index (χ2v) is 8.66. The SMILES string of the molecule is CNCCOC(=O)C1=C(C)NC(C)=C(C(=O)O)C1c1cccc2c(=O)c(C)c(-c3ccccc3)oc12. The van der Waals surface area contributed by atoms with Crippen LogP contribution in [0.2, 0.25) is 0 Å². The number of nitrogens with one attached hydrogen (secondary N) is 2. The molecule has 3 N–H and O–H groups in total. The van der Waals surface area contributed by atoms with E-state index in [1.807, 2.05) is 30.3 Å². The number of aliphatic carboxylic acids is 1. The lowest BCUT2D eigenvalue weighted by atomic mass is 9.79. The second-order valence-electron chi connectivity index (χ2n) is 8.66. The number of esters is 1. The van der Waals surface area contributed by atoms with Crippen LogP contribution in [0.3, 0.4) is 0 Å². The van der Waals surface area contributed by atoms with Gasteiger partial charge >= 0.3 is 11.9 Å². The van der Waals surface area contributed by atoms with Crippen molar-refractivity contribution in [1.82, 2.24) is 10.6 Å². The molecule has 0 saturated carbocycles. The molecule has 2 aromatic carbocycles. The highest BCUT2D eigenvalue weighted by atomic mass is 16.5. The predicted molar refractivity (Wildman–Crippen MR) is 136 cm³/mol. The number of likely N-dealkylation sites (N-methyl/N-ethyl adjacent to an activating group) is 1. The van der Waals surface area contributed by atoms with E-state index in [1.165, 1.54) is 0 Å². The summed E-state index contributed by atoms with van der Waals surface area (Å²) >= 11 is 0. The maximum absolute atomic E-state index is 13.4. The van der Waals surface area contributed by atoms with Crippen LogP contribution in [0.25, 0.3) is 22.3 Å². The van der Waals surface area contributed by atoms with E-state index in [2.05, 4.69) is 10.6 Å². The van der Waals surface area contributed by atoms with Crippen LogP contribution >= 0.6 is 0 Å². The highest BCUT2D eigenvalue weighted by Crippen LogP contribution is 2.42. The maximum Gasteiger partial charge on any atom is 0.336 e. The number of ether oxygens (including phenoxy) is 1. The number of para-hydroxylation sites is 1. The van der Waals surface area contributed by atoms with E-state index >= 15 is 0 Å². The van der Waals surface area contributed by atoms with E-state index in [1.54, 1.807) is 46.0 Å². The summed E-state index contributed by atoms with van der Waals surface area (Å²) in [5.41, 5.74) is 2.60. The minimum absolute atomic E-state index is 0.0156. The van der Waals surface area contributed by atoms with Crippen molar-refractivity contribution in [2.75, 3.05) is 20.2 Å². The molecule has 0 spiro atoms. The Kier molecular flexibility index (Phi) is 7.07. The molecule has 2 heterocycles. The normalized spacial score (nSPS) is 15.7. The molecule has 0 amide bonds. The second kappa shape index (κ2) is 10.2.